The zero-order valence-electron chi connectivity index (χ0n) is 9.48. The molecule has 0 aliphatic carbocycles. The van der Waals surface area contributed by atoms with Crippen molar-refractivity contribution in [3.05, 3.63) is 59.7 Å². The maximum Gasteiger partial charge on any atom is 0.129 e. The van der Waals surface area contributed by atoms with E-state index in [1.165, 1.54) is 18.5 Å². The average Bonchev–Trinajstić information content (AvgIpc) is 2.39. The maximum absolute atomic E-state index is 13.5. The monoisotopic (exact) mass is 250 g/mol. The molecule has 2 aromatic rings. The molecule has 0 amide bonds. The Bertz CT molecular complexity index is 519. The largest absolute Gasteiger partial charge is 0.271 e. The molecular formula is C12H12F2N4. The van der Waals surface area contributed by atoms with Crippen LogP contribution in [0.1, 0.15) is 17.2 Å². The van der Waals surface area contributed by atoms with Gasteiger partial charge in [0.15, 0.2) is 0 Å². The van der Waals surface area contributed by atoms with Gasteiger partial charge in [0.2, 0.25) is 0 Å². The molecule has 3 N–H and O–H groups in total. The molecule has 0 spiro atoms. The first-order valence-electron chi connectivity index (χ1n) is 5.35. The number of hydrogen-bond acceptors (Lipinski definition) is 4. The van der Waals surface area contributed by atoms with Crippen molar-refractivity contribution in [2.24, 2.45) is 5.84 Å². The molecule has 1 aromatic heterocycles. The number of hydrazine groups is 1. The van der Waals surface area contributed by atoms with E-state index in [0.717, 1.165) is 11.6 Å². The summed E-state index contributed by atoms with van der Waals surface area (Å²) < 4.78 is 26.3. The van der Waals surface area contributed by atoms with Crippen LogP contribution in [0.3, 0.4) is 0 Å². The second-order valence-electron chi connectivity index (χ2n) is 3.83. The average molecular weight is 250 g/mol. The highest BCUT2D eigenvalue weighted by atomic mass is 19.1. The number of nitrogens with two attached hydrogens (primary N) is 1. The van der Waals surface area contributed by atoms with Crippen LogP contribution in [0.15, 0.2) is 36.9 Å². The lowest BCUT2D eigenvalue weighted by molar-refractivity contribution is 0.519. The summed E-state index contributed by atoms with van der Waals surface area (Å²) in [6.45, 7) is 0. The molecule has 94 valence electrons. The zero-order chi connectivity index (χ0) is 13.0. The molecule has 4 nitrogen and oxygen atoms in total. The summed E-state index contributed by atoms with van der Waals surface area (Å²) in [6, 6.07) is 3.14. The van der Waals surface area contributed by atoms with Gasteiger partial charge in [0.05, 0.1) is 6.04 Å². The van der Waals surface area contributed by atoms with Gasteiger partial charge in [-0.05, 0) is 18.1 Å². The number of halogens is 2. The van der Waals surface area contributed by atoms with Crippen molar-refractivity contribution in [3.8, 4) is 0 Å². The first-order valence-corrected chi connectivity index (χ1v) is 5.35. The highest BCUT2D eigenvalue weighted by Crippen LogP contribution is 2.19. The molecule has 0 aliphatic heterocycles. The molecule has 0 saturated heterocycles. The molecule has 0 radical (unpaired) electrons. The maximum atomic E-state index is 13.5. The summed E-state index contributed by atoms with van der Waals surface area (Å²) in [4.78, 5) is 7.74. The minimum absolute atomic E-state index is 0.288. The molecule has 1 atom stereocenters. The van der Waals surface area contributed by atoms with Crippen LogP contribution in [0.2, 0.25) is 0 Å². The van der Waals surface area contributed by atoms with Gasteiger partial charge in [-0.1, -0.05) is 6.07 Å². The number of nitrogens with zero attached hydrogens (tertiary/aromatic N) is 2. The summed E-state index contributed by atoms with van der Waals surface area (Å²) in [5, 5.41) is 0. The van der Waals surface area contributed by atoms with Crippen molar-refractivity contribution in [3.63, 3.8) is 0 Å². The summed E-state index contributed by atoms with van der Waals surface area (Å²) in [5.74, 6) is 4.24. The molecule has 2 rings (SSSR count). The van der Waals surface area contributed by atoms with Crippen molar-refractivity contribution >= 4 is 0 Å². The standard InChI is InChI=1S/C12H12F2N4/c13-10-2-1-8(11(14)4-10)3-12(18-15)9-5-16-7-17-6-9/h1-2,4-7,12,18H,3,15H2. The van der Waals surface area contributed by atoms with E-state index in [4.69, 9.17) is 5.84 Å². The van der Waals surface area contributed by atoms with E-state index in [1.807, 2.05) is 0 Å². The molecule has 1 unspecified atom stereocenters. The van der Waals surface area contributed by atoms with E-state index in [0.29, 0.717) is 5.56 Å². The van der Waals surface area contributed by atoms with Crippen molar-refractivity contribution in [2.75, 3.05) is 0 Å². The van der Waals surface area contributed by atoms with Gasteiger partial charge in [0.25, 0.3) is 0 Å². The molecule has 0 fully saturated rings. The van der Waals surface area contributed by atoms with Gasteiger partial charge in [0.1, 0.15) is 18.0 Å². The van der Waals surface area contributed by atoms with E-state index in [2.05, 4.69) is 15.4 Å². The predicted octanol–water partition coefficient (Wildman–Crippen LogP) is 1.50. The molecule has 0 saturated carbocycles. The molecular weight excluding hydrogens is 238 g/mol. The van der Waals surface area contributed by atoms with E-state index in [1.54, 1.807) is 12.4 Å². The number of benzene rings is 1. The van der Waals surface area contributed by atoms with Crippen molar-refractivity contribution < 1.29 is 8.78 Å². The summed E-state index contributed by atoms with van der Waals surface area (Å²) in [7, 11) is 0. The van der Waals surface area contributed by atoms with E-state index in [9.17, 15) is 8.78 Å². The van der Waals surface area contributed by atoms with Crippen LogP contribution in [0.25, 0.3) is 0 Å². The molecule has 1 heterocycles. The smallest absolute Gasteiger partial charge is 0.129 e. The molecule has 6 heteroatoms. The van der Waals surface area contributed by atoms with E-state index >= 15 is 0 Å². The predicted molar refractivity (Wildman–Crippen MR) is 62.2 cm³/mol. The number of hydrogen-bond donors (Lipinski definition) is 2. The number of rotatable bonds is 4. The normalized spacial score (nSPS) is 12.4. The third-order valence-electron chi connectivity index (χ3n) is 2.62. The molecule has 0 bridgehead atoms. The minimum Gasteiger partial charge on any atom is -0.271 e. The van der Waals surface area contributed by atoms with Crippen LogP contribution in [-0.4, -0.2) is 9.97 Å². The van der Waals surface area contributed by atoms with Crippen molar-refractivity contribution in [1.82, 2.24) is 15.4 Å². The van der Waals surface area contributed by atoms with E-state index < -0.39 is 11.6 Å². The summed E-state index contributed by atoms with van der Waals surface area (Å²) in [6.07, 6.45) is 4.88. The molecule has 18 heavy (non-hydrogen) atoms. The summed E-state index contributed by atoms with van der Waals surface area (Å²) in [5.41, 5.74) is 3.69. The lowest BCUT2D eigenvalue weighted by Crippen LogP contribution is -2.30. The Balaban J connectivity index is 2.21. The van der Waals surface area contributed by atoms with Crippen molar-refractivity contribution in [1.29, 1.82) is 0 Å². The lowest BCUT2D eigenvalue weighted by atomic mass is 10.0. The Morgan fingerprint density at radius 3 is 2.56 bits per heavy atom. The fraction of sp³-hybridized carbons (Fsp3) is 0.167. The highest BCUT2D eigenvalue weighted by Gasteiger charge is 2.14. The number of aromatic nitrogens is 2. The topological polar surface area (TPSA) is 63.8 Å². The van der Waals surface area contributed by atoms with Crippen LogP contribution in [0.4, 0.5) is 8.78 Å². The Labute approximate surface area is 103 Å². The second-order valence-corrected chi connectivity index (χ2v) is 3.83. The Morgan fingerprint density at radius 2 is 1.94 bits per heavy atom. The Hall–Kier alpha value is -1.92. The fourth-order valence-electron chi connectivity index (χ4n) is 1.67. The van der Waals surface area contributed by atoms with Gasteiger partial charge in [-0.15, -0.1) is 0 Å². The Kier molecular flexibility index (Phi) is 3.91. The first kappa shape index (κ1) is 12.5. The van der Waals surface area contributed by atoms with Crippen molar-refractivity contribution in [2.45, 2.75) is 12.5 Å². The van der Waals surface area contributed by atoms with Gasteiger partial charge in [0, 0.05) is 24.0 Å². The van der Waals surface area contributed by atoms with Gasteiger partial charge in [-0.25, -0.2) is 18.7 Å². The van der Waals surface area contributed by atoms with Crippen LogP contribution in [0.5, 0.6) is 0 Å². The quantitative estimate of drug-likeness (QED) is 0.637. The highest BCUT2D eigenvalue weighted by molar-refractivity contribution is 5.22. The third-order valence-corrected chi connectivity index (χ3v) is 2.62. The van der Waals surface area contributed by atoms with Crippen LogP contribution >= 0.6 is 0 Å². The summed E-state index contributed by atoms with van der Waals surface area (Å²) >= 11 is 0. The third kappa shape index (κ3) is 2.85. The van der Waals surface area contributed by atoms with Gasteiger partial charge >= 0.3 is 0 Å². The SMILES string of the molecule is NNC(Cc1ccc(F)cc1F)c1cncnc1. The zero-order valence-corrected chi connectivity index (χ0v) is 9.48. The van der Waals surface area contributed by atoms with Gasteiger partial charge in [-0.2, -0.15) is 0 Å². The van der Waals surface area contributed by atoms with Gasteiger partial charge in [-0.3, -0.25) is 11.3 Å². The van der Waals surface area contributed by atoms with Crippen LogP contribution < -0.4 is 11.3 Å². The van der Waals surface area contributed by atoms with E-state index in [-0.39, 0.29) is 12.5 Å². The fourth-order valence-corrected chi connectivity index (χ4v) is 1.67. The van der Waals surface area contributed by atoms with Crippen LogP contribution in [0, 0.1) is 11.6 Å². The first-order chi connectivity index (χ1) is 8.70. The molecule has 0 aliphatic rings. The Morgan fingerprint density at radius 1 is 1.22 bits per heavy atom. The van der Waals surface area contributed by atoms with Gasteiger partial charge < -0.3 is 0 Å². The molecule has 1 aromatic carbocycles. The lowest BCUT2D eigenvalue weighted by Gasteiger charge is -2.15. The van der Waals surface area contributed by atoms with Crippen LogP contribution in [-0.2, 0) is 6.42 Å². The number of nitrogens with one attached hydrogen (secondary N) is 1. The minimum atomic E-state index is -0.600. The second kappa shape index (κ2) is 5.61.